The molecule has 96 valence electrons. The lowest BCUT2D eigenvalue weighted by Gasteiger charge is -2.17. The second-order valence-corrected chi connectivity index (χ2v) is 5.95. The van der Waals surface area contributed by atoms with E-state index in [1.165, 1.54) is 10.5 Å². The number of aliphatic hydroxyl groups is 1. The molecule has 0 aliphatic rings. The van der Waals surface area contributed by atoms with Crippen LogP contribution in [-0.2, 0) is 6.54 Å². The van der Waals surface area contributed by atoms with E-state index in [9.17, 15) is 5.11 Å². The van der Waals surface area contributed by atoms with Gasteiger partial charge in [0, 0.05) is 21.7 Å². The molecule has 0 aliphatic heterocycles. The van der Waals surface area contributed by atoms with E-state index in [4.69, 9.17) is 11.6 Å². The maximum absolute atomic E-state index is 9.54. The maximum Gasteiger partial charge on any atom is 0.0631 e. The van der Waals surface area contributed by atoms with E-state index in [1.54, 1.807) is 11.8 Å². The van der Waals surface area contributed by atoms with E-state index >= 15 is 0 Å². The van der Waals surface area contributed by atoms with Gasteiger partial charge in [0.05, 0.1) is 6.10 Å². The van der Waals surface area contributed by atoms with E-state index in [-0.39, 0.29) is 11.4 Å². The Morgan fingerprint density at radius 1 is 1.41 bits per heavy atom. The predicted molar refractivity (Wildman–Crippen MR) is 75.8 cm³/mol. The van der Waals surface area contributed by atoms with Crippen molar-refractivity contribution in [3.63, 3.8) is 0 Å². The molecule has 0 saturated carbocycles. The average molecular weight is 274 g/mol. The summed E-state index contributed by atoms with van der Waals surface area (Å²) in [4.78, 5) is 1.18. The fourth-order valence-electron chi connectivity index (χ4n) is 1.36. The molecule has 1 aromatic rings. The van der Waals surface area contributed by atoms with Crippen LogP contribution in [-0.4, -0.2) is 23.0 Å². The van der Waals surface area contributed by atoms with Crippen LogP contribution in [0.1, 0.15) is 26.3 Å². The summed E-state index contributed by atoms with van der Waals surface area (Å²) < 4.78 is 0. The van der Waals surface area contributed by atoms with Gasteiger partial charge >= 0.3 is 0 Å². The van der Waals surface area contributed by atoms with Gasteiger partial charge in [-0.05, 0) is 37.2 Å². The minimum absolute atomic E-state index is 0.177. The highest BCUT2D eigenvalue weighted by molar-refractivity contribution is 8.00. The Labute approximate surface area is 113 Å². The summed E-state index contributed by atoms with van der Waals surface area (Å²) in [6.45, 7) is 7.67. The Morgan fingerprint density at radius 3 is 2.71 bits per heavy atom. The van der Waals surface area contributed by atoms with Crippen molar-refractivity contribution in [2.75, 3.05) is 6.54 Å². The van der Waals surface area contributed by atoms with Gasteiger partial charge in [-0.2, -0.15) is 0 Å². The summed E-state index contributed by atoms with van der Waals surface area (Å²) in [6.07, 6.45) is -0.317. The quantitative estimate of drug-likeness (QED) is 0.780. The maximum atomic E-state index is 9.54. The zero-order valence-corrected chi connectivity index (χ0v) is 12.1. The molecule has 0 aliphatic carbocycles. The number of halogens is 1. The third-order valence-electron chi connectivity index (χ3n) is 2.58. The lowest BCUT2D eigenvalue weighted by molar-refractivity contribution is 0.196. The summed E-state index contributed by atoms with van der Waals surface area (Å²) in [5.41, 5.74) is 1.19. The Kier molecular flexibility index (Phi) is 6.34. The van der Waals surface area contributed by atoms with Crippen molar-refractivity contribution in [3.8, 4) is 0 Å². The lowest BCUT2D eigenvalue weighted by Crippen LogP contribution is -2.16. The van der Waals surface area contributed by atoms with E-state index in [0.29, 0.717) is 0 Å². The second-order valence-electron chi connectivity index (χ2n) is 4.10. The minimum atomic E-state index is -0.317. The highest BCUT2D eigenvalue weighted by atomic mass is 35.5. The highest BCUT2D eigenvalue weighted by Crippen LogP contribution is 2.30. The minimum Gasteiger partial charge on any atom is -0.392 e. The Hall–Kier alpha value is -0.220. The standard InChI is InChI=1S/C13H20ClNOS/c1-4-15-8-11-7-12(14)5-6-13(11)17-10(3)9(2)16/h5-7,9-10,15-16H,4,8H2,1-3H3. The molecule has 0 fully saturated rings. The molecule has 0 amide bonds. The summed E-state index contributed by atoms with van der Waals surface area (Å²) in [5.74, 6) is 0. The number of hydrogen-bond donors (Lipinski definition) is 2. The molecule has 0 aromatic heterocycles. The first kappa shape index (κ1) is 14.8. The largest absolute Gasteiger partial charge is 0.392 e. The zero-order chi connectivity index (χ0) is 12.8. The average Bonchev–Trinajstić information content (AvgIpc) is 2.29. The molecule has 0 heterocycles. The first-order valence-electron chi connectivity index (χ1n) is 5.88. The molecule has 0 bridgehead atoms. The summed E-state index contributed by atoms with van der Waals surface area (Å²) in [5, 5.41) is 13.8. The van der Waals surface area contributed by atoms with Gasteiger partial charge in [-0.1, -0.05) is 25.4 Å². The van der Waals surface area contributed by atoms with Gasteiger partial charge in [0.1, 0.15) is 0 Å². The van der Waals surface area contributed by atoms with Crippen LogP contribution in [0.25, 0.3) is 0 Å². The molecule has 1 aromatic carbocycles. The fraction of sp³-hybridized carbons (Fsp3) is 0.538. The molecule has 4 heteroatoms. The predicted octanol–water partition coefficient (Wildman–Crippen LogP) is 3.31. The van der Waals surface area contributed by atoms with E-state index in [2.05, 4.69) is 12.2 Å². The van der Waals surface area contributed by atoms with Crippen LogP contribution in [0.3, 0.4) is 0 Å². The molecular formula is C13H20ClNOS. The van der Waals surface area contributed by atoms with Gasteiger partial charge in [-0.25, -0.2) is 0 Å². The molecule has 0 spiro atoms. The molecule has 2 unspecified atom stereocenters. The van der Waals surface area contributed by atoms with Gasteiger partial charge in [0.25, 0.3) is 0 Å². The normalized spacial score (nSPS) is 14.6. The molecule has 1 rings (SSSR count). The third kappa shape index (κ3) is 4.88. The van der Waals surface area contributed by atoms with Crippen LogP contribution >= 0.6 is 23.4 Å². The highest BCUT2D eigenvalue weighted by Gasteiger charge is 2.13. The number of hydrogen-bond acceptors (Lipinski definition) is 3. The van der Waals surface area contributed by atoms with E-state index < -0.39 is 0 Å². The van der Waals surface area contributed by atoms with Crippen LogP contribution in [0.15, 0.2) is 23.1 Å². The van der Waals surface area contributed by atoms with Crippen molar-refractivity contribution in [2.24, 2.45) is 0 Å². The number of thioether (sulfide) groups is 1. The molecule has 0 radical (unpaired) electrons. The van der Waals surface area contributed by atoms with Gasteiger partial charge in [-0.3, -0.25) is 0 Å². The van der Waals surface area contributed by atoms with Crippen molar-refractivity contribution in [2.45, 2.75) is 43.6 Å². The molecule has 2 atom stereocenters. The van der Waals surface area contributed by atoms with Crippen LogP contribution in [0.4, 0.5) is 0 Å². The molecular weight excluding hydrogens is 254 g/mol. The van der Waals surface area contributed by atoms with Crippen LogP contribution < -0.4 is 5.32 Å². The molecule has 2 N–H and O–H groups in total. The smallest absolute Gasteiger partial charge is 0.0631 e. The number of benzene rings is 1. The molecule has 2 nitrogen and oxygen atoms in total. The topological polar surface area (TPSA) is 32.3 Å². The van der Waals surface area contributed by atoms with Gasteiger partial charge < -0.3 is 10.4 Å². The molecule has 17 heavy (non-hydrogen) atoms. The first-order valence-corrected chi connectivity index (χ1v) is 7.14. The van der Waals surface area contributed by atoms with Crippen molar-refractivity contribution >= 4 is 23.4 Å². The van der Waals surface area contributed by atoms with E-state index in [1.807, 2.05) is 32.0 Å². The Balaban J connectivity index is 2.82. The zero-order valence-electron chi connectivity index (χ0n) is 10.5. The second kappa shape index (κ2) is 7.27. The summed E-state index contributed by atoms with van der Waals surface area (Å²) >= 11 is 7.70. The van der Waals surface area contributed by atoms with Crippen LogP contribution in [0.2, 0.25) is 5.02 Å². The number of aliphatic hydroxyl groups excluding tert-OH is 1. The number of rotatable bonds is 6. The van der Waals surface area contributed by atoms with Crippen molar-refractivity contribution in [1.29, 1.82) is 0 Å². The van der Waals surface area contributed by atoms with Gasteiger partial charge in [-0.15, -0.1) is 11.8 Å². The fourth-order valence-corrected chi connectivity index (χ4v) is 2.58. The third-order valence-corrected chi connectivity index (χ3v) is 4.23. The van der Waals surface area contributed by atoms with Gasteiger partial charge in [0.15, 0.2) is 0 Å². The van der Waals surface area contributed by atoms with Crippen LogP contribution in [0.5, 0.6) is 0 Å². The monoisotopic (exact) mass is 273 g/mol. The van der Waals surface area contributed by atoms with Crippen molar-refractivity contribution < 1.29 is 5.11 Å². The lowest BCUT2D eigenvalue weighted by atomic mass is 10.2. The first-order chi connectivity index (χ1) is 8.04. The van der Waals surface area contributed by atoms with Crippen molar-refractivity contribution in [1.82, 2.24) is 5.32 Å². The Bertz CT molecular complexity index is 357. The Morgan fingerprint density at radius 2 is 2.12 bits per heavy atom. The van der Waals surface area contributed by atoms with E-state index in [0.717, 1.165) is 18.1 Å². The summed E-state index contributed by atoms with van der Waals surface area (Å²) in [6, 6.07) is 5.91. The SMILES string of the molecule is CCNCc1cc(Cl)ccc1SC(C)C(C)O. The number of nitrogens with one attached hydrogen (secondary N) is 1. The molecule has 0 saturated heterocycles. The van der Waals surface area contributed by atoms with Crippen LogP contribution in [0, 0.1) is 0 Å². The van der Waals surface area contributed by atoms with Crippen molar-refractivity contribution in [3.05, 3.63) is 28.8 Å². The summed E-state index contributed by atoms with van der Waals surface area (Å²) in [7, 11) is 0. The van der Waals surface area contributed by atoms with Gasteiger partial charge in [0.2, 0.25) is 0 Å².